The molecule has 0 saturated carbocycles. The third-order valence-corrected chi connectivity index (χ3v) is 5.35. The van der Waals surface area contributed by atoms with E-state index >= 15 is 0 Å². The van der Waals surface area contributed by atoms with Crippen LogP contribution in [0.15, 0.2) is 34.5 Å². The number of halogens is 2. The van der Waals surface area contributed by atoms with Crippen molar-refractivity contribution in [1.29, 1.82) is 0 Å². The van der Waals surface area contributed by atoms with Crippen molar-refractivity contribution in [2.45, 2.75) is 10.6 Å². The summed E-state index contributed by atoms with van der Waals surface area (Å²) in [4.78, 5) is 10.9. The summed E-state index contributed by atoms with van der Waals surface area (Å²) in [7, 11) is -4.18. The number of hydrogen-bond acceptors (Lipinski definition) is 4. The first kappa shape index (κ1) is 15.4. The molecular weight excluding hydrogens is 324 g/mol. The van der Waals surface area contributed by atoms with Gasteiger partial charge < -0.3 is 5.11 Å². The third-order valence-electron chi connectivity index (χ3n) is 2.43. The molecule has 2 N–H and O–H groups in total. The molecule has 5 nitrogen and oxygen atoms in total. The van der Waals surface area contributed by atoms with E-state index < -0.39 is 33.3 Å². The van der Waals surface area contributed by atoms with E-state index in [-0.39, 0.29) is 10.6 Å². The van der Waals surface area contributed by atoms with Crippen molar-refractivity contribution in [2.75, 3.05) is 4.72 Å². The molecule has 2 aromatic rings. The van der Waals surface area contributed by atoms with Crippen LogP contribution in [0, 0.1) is 11.6 Å². The van der Waals surface area contributed by atoms with E-state index in [2.05, 4.69) is 0 Å². The van der Waals surface area contributed by atoms with Crippen LogP contribution in [0.2, 0.25) is 0 Å². The van der Waals surface area contributed by atoms with Crippen LogP contribution in [-0.4, -0.2) is 19.5 Å². The molecule has 112 valence electrons. The van der Waals surface area contributed by atoms with Crippen LogP contribution < -0.4 is 4.72 Å². The summed E-state index contributed by atoms with van der Waals surface area (Å²) in [6, 6.07) is 5.48. The molecule has 0 spiro atoms. The summed E-state index contributed by atoms with van der Waals surface area (Å²) in [6.45, 7) is 0. The highest BCUT2D eigenvalue weighted by atomic mass is 32.2. The van der Waals surface area contributed by atoms with Gasteiger partial charge in [-0.1, -0.05) is 6.07 Å². The molecular formula is C12H9F2NO4S2. The van der Waals surface area contributed by atoms with Gasteiger partial charge in [-0.15, -0.1) is 11.3 Å². The zero-order chi connectivity index (χ0) is 15.6. The van der Waals surface area contributed by atoms with Gasteiger partial charge in [-0.2, -0.15) is 0 Å². The van der Waals surface area contributed by atoms with Gasteiger partial charge in [0.1, 0.15) is 21.5 Å². The van der Waals surface area contributed by atoms with Crippen molar-refractivity contribution in [3.8, 4) is 0 Å². The average Bonchev–Trinajstić information content (AvgIpc) is 2.82. The van der Waals surface area contributed by atoms with Crippen LogP contribution in [0.3, 0.4) is 0 Å². The molecule has 1 aromatic heterocycles. The van der Waals surface area contributed by atoms with E-state index in [4.69, 9.17) is 5.11 Å². The number of carboxylic acids is 1. The molecule has 0 aliphatic carbocycles. The minimum Gasteiger partial charge on any atom is -0.481 e. The van der Waals surface area contributed by atoms with Crippen molar-refractivity contribution in [2.24, 2.45) is 0 Å². The number of carbonyl (C=O) groups is 1. The van der Waals surface area contributed by atoms with Crippen molar-refractivity contribution in [1.82, 2.24) is 0 Å². The average molecular weight is 333 g/mol. The summed E-state index contributed by atoms with van der Waals surface area (Å²) in [5.74, 6) is -3.18. The van der Waals surface area contributed by atoms with Gasteiger partial charge in [0, 0.05) is 4.88 Å². The molecule has 0 bridgehead atoms. The number of rotatable bonds is 5. The maximum Gasteiger partial charge on any atom is 0.308 e. The predicted octanol–water partition coefficient (Wildman–Crippen LogP) is 2.45. The van der Waals surface area contributed by atoms with Gasteiger partial charge in [0.2, 0.25) is 0 Å². The molecule has 1 aromatic carbocycles. The number of thiophene rings is 1. The van der Waals surface area contributed by atoms with Gasteiger partial charge in [0.05, 0.1) is 6.42 Å². The van der Waals surface area contributed by atoms with E-state index in [1.54, 1.807) is 0 Å². The second-order valence-corrected chi connectivity index (χ2v) is 7.07. The highest BCUT2D eigenvalue weighted by molar-refractivity contribution is 7.94. The van der Waals surface area contributed by atoms with Crippen LogP contribution >= 0.6 is 11.3 Å². The molecule has 0 saturated heterocycles. The Bertz CT molecular complexity index is 766. The second kappa shape index (κ2) is 5.78. The standard InChI is InChI=1S/C12H9F2NO4S2/c13-8-2-1-3-9(14)12(8)15-21(18,19)11-5-4-7(20-11)6-10(16)17/h1-5,15H,6H2,(H,16,17). The van der Waals surface area contributed by atoms with Crippen molar-refractivity contribution in [3.63, 3.8) is 0 Å². The minimum atomic E-state index is -4.18. The molecule has 0 amide bonds. The number of hydrogen-bond donors (Lipinski definition) is 2. The van der Waals surface area contributed by atoms with Gasteiger partial charge in [-0.3, -0.25) is 9.52 Å². The maximum absolute atomic E-state index is 13.4. The molecule has 0 aliphatic heterocycles. The Morgan fingerprint density at radius 2 is 1.81 bits per heavy atom. The van der Waals surface area contributed by atoms with Crippen molar-refractivity contribution in [3.05, 3.63) is 46.8 Å². The highest BCUT2D eigenvalue weighted by Gasteiger charge is 2.21. The zero-order valence-corrected chi connectivity index (χ0v) is 12.0. The van der Waals surface area contributed by atoms with E-state index in [1.165, 1.54) is 12.1 Å². The monoisotopic (exact) mass is 333 g/mol. The summed E-state index contributed by atoms with van der Waals surface area (Å²) < 4.78 is 52.5. The first-order chi connectivity index (χ1) is 9.79. The highest BCUT2D eigenvalue weighted by Crippen LogP contribution is 2.26. The fourth-order valence-corrected chi connectivity index (χ4v) is 3.95. The van der Waals surface area contributed by atoms with Crippen LogP contribution in [0.5, 0.6) is 0 Å². The fourth-order valence-electron chi connectivity index (χ4n) is 1.53. The van der Waals surface area contributed by atoms with Crippen LogP contribution in [0.25, 0.3) is 0 Å². The van der Waals surface area contributed by atoms with Crippen LogP contribution in [-0.2, 0) is 21.2 Å². The molecule has 21 heavy (non-hydrogen) atoms. The number of aliphatic carboxylic acids is 1. The lowest BCUT2D eigenvalue weighted by Crippen LogP contribution is -2.13. The van der Waals surface area contributed by atoms with E-state index in [1.807, 2.05) is 4.72 Å². The number of anilines is 1. The Morgan fingerprint density at radius 1 is 1.19 bits per heavy atom. The number of carboxylic acid groups (broad SMARTS) is 1. The maximum atomic E-state index is 13.4. The molecule has 0 unspecified atom stereocenters. The molecule has 1 heterocycles. The topological polar surface area (TPSA) is 83.5 Å². The smallest absolute Gasteiger partial charge is 0.308 e. The Balaban J connectivity index is 2.30. The minimum absolute atomic E-state index is 0.221. The Labute approximate surface area is 122 Å². The van der Waals surface area contributed by atoms with Crippen molar-refractivity contribution >= 4 is 33.0 Å². The number of para-hydroxylation sites is 1. The lowest BCUT2D eigenvalue weighted by atomic mass is 10.3. The van der Waals surface area contributed by atoms with Crippen LogP contribution in [0.4, 0.5) is 14.5 Å². The summed E-state index contributed by atoms with van der Waals surface area (Å²) in [5.41, 5.74) is -0.773. The summed E-state index contributed by atoms with van der Waals surface area (Å²) in [6.07, 6.45) is -0.325. The molecule has 0 fully saturated rings. The number of sulfonamides is 1. The normalized spacial score (nSPS) is 11.3. The number of benzene rings is 1. The molecule has 2 rings (SSSR count). The third kappa shape index (κ3) is 3.56. The summed E-state index contributed by atoms with van der Waals surface area (Å²) >= 11 is 0.723. The first-order valence-electron chi connectivity index (χ1n) is 5.57. The van der Waals surface area contributed by atoms with Gasteiger partial charge >= 0.3 is 5.97 Å². The van der Waals surface area contributed by atoms with E-state index in [0.29, 0.717) is 4.88 Å². The lowest BCUT2D eigenvalue weighted by Gasteiger charge is -2.08. The lowest BCUT2D eigenvalue weighted by molar-refractivity contribution is -0.136. The van der Waals surface area contributed by atoms with Crippen molar-refractivity contribution < 1.29 is 27.1 Å². The van der Waals surface area contributed by atoms with E-state index in [9.17, 15) is 22.0 Å². The van der Waals surface area contributed by atoms with Crippen LogP contribution in [0.1, 0.15) is 4.88 Å². The Morgan fingerprint density at radius 3 is 2.38 bits per heavy atom. The van der Waals surface area contributed by atoms with Gasteiger partial charge in [-0.25, -0.2) is 17.2 Å². The quantitative estimate of drug-likeness (QED) is 0.880. The molecule has 0 radical (unpaired) electrons. The molecule has 0 aliphatic rings. The van der Waals surface area contributed by atoms with Gasteiger partial charge in [0.25, 0.3) is 10.0 Å². The fraction of sp³-hybridized carbons (Fsp3) is 0.0833. The SMILES string of the molecule is O=C(O)Cc1ccc(S(=O)(=O)Nc2c(F)cccc2F)s1. The first-order valence-corrected chi connectivity index (χ1v) is 7.87. The van der Waals surface area contributed by atoms with Gasteiger partial charge in [-0.05, 0) is 24.3 Å². The largest absolute Gasteiger partial charge is 0.481 e. The Kier molecular flexibility index (Phi) is 4.24. The zero-order valence-electron chi connectivity index (χ0n) is 10.3. The predicted molar refractivity (Wildman–Crippen MR) is 72.8 cm³/mol. The summed E-state index contributed by atoms with van der Waals surface area (Å²) in [5, 5.41) is 8.63. The molecule has 0 atom stereocenters. The van der Waals surface area contributed by atoms with E-state index in [0.717, 1.165) is 29.5 Å². The Hall–Kier alpha value is -2.00. The number of nitrogens with one attached hydrogen (secondary N) is 1. The molecule has 9 heteroatoms. The second-order valence-electron chi connectivity index (χ2n) is 3.99. The van der Waals surface area contributed by atoms with Gasteiger partial charge in [0.15, 0.2) is 0 Å².